The van der Waals surface area contributed by atoms with E-state index in [2.05, 4.69) is 46.5 Å². The number of hydrogen-bond acceptors (Lipinski definition) is 4. The van der Waals surface area contributed by atoms with Crippen molar-refractivity contribution in [1.29, 1.82) is 0 Å². The number of hydrogen-bond donors (Lipinski definition) is 2. The largest absolute Gasteiger partial charge is 0.372 e. The molecule has 0 aliphatic heterocycles. The van der Waals surface area contributed by atoms with Crippen LogP contribution in [0.5, 0.6) is 0 Å². The van der Waals surface area contributed by atoms with Crippen LogP contribution in [0.2, 0.25) is 0 Å². The number of anilines is 4. The summed E-state index contributed by atoms with van der Waals surface area (Å²) in [5, 5.41) is 5.87. The normalized spacial score (nSPS) is 10.4. The lowest BCUT2D eigenvalue weighted by Gasteiger charge is -2.21. The number of amides is 1. The van der Waals surface area contributed by atoms with Crippen LogP contribution in [-0.4, -0.2) is 24.0 Å². The molecule has 0 aliphatic carbocycles. The molecule has 0 spiro atoms. The standard InChI is InChI=1S/C22H23FN4O/c1-3-27(4-2)18-12-9-16(10-13-18)25-21-14-11-17(15-24-21)26-22(28)19-7-5-6-8-20(19)23/h5-15H,3-4H2,1-2H3,(H,24,25)(H,26,28). The number of nitrogens with one attached hydrogen (secondary N) is 2. The summed E-state index contributed by atoms with van der Waals surface area (Å²) in [6.45, 7) is 6.19. The van der Waals surface area contributed by atoms with Crippen molar-refractivity contribution < 1.29 is 9.18 Å². The maximum Gasteiger partial charge on any atom is 0.258 e. The fourth-order valence-electron chi connectivity index (χ4n) is 2.88. The Kier molecular flexibility index (Phi) is 6.22. The molecule has 144 valence electrons. The third-order valence-electron chi connectivity index (χ3n) is 4.41. The first-order valence-corrected chi connectivity index (χ1v) is 9.24. The van der Waals surface area contributed by atoms with Crippen molar-refractivity contribution in [2.75, 3.05) is 28.6 Å². The average Bonchev–Trinajstić information content (AvgIpc) is 2.72. The Labute approximate surface area is 164 Å². The Morgan fingerprint density at radius 1 is 0.964 bits per heavy atom. The summed E-state index contributed by atoms with van der Waals surface area (Å²) in [6.07, 6.45) is 1.53. The zero-order valence-electron chi connectivity index (χ0n) is 15.9. The Morgan fingerprint density at radius 2 is 1.64 bits per heavy atom. The van der Waals surface area contributed by atoms with Gasteiger partial charge in [-0.3, -0.25) is 4.79 Å². The van der Waals surface area contributed by atoms with E-state index in [1.807, 2.05) is 12.1 Å². The predicted molar refractivity (Wildman–Crippen MR) is 112 cm³/mol. The summed E-state index contributed by atoms with van der Waals surface area (Å²) in [5.41, 5.74) is 2.59. The molecule has 1 heterocycles. The van der Waals surface area contributed by atoms with Crippen LogP contribution in [0.15, 0.2) is 66.9 Å². The smallest absolute Gasteiger partial charge is 0.258 e. The van der Waals surface area contributed by atoms with Gasteiger partial charge in [0, 0.05) is 24.5 Å². The SMILES string of the molecule is CCN(CC)c1ccc(Nc2ccc(NC(=O)c3ccccc3F)cn2)cc1. The minimum Gasteiger partial charge on any atom is -0.372 e. The molecule has 1 aromatic heterocycles. The van der Waals surface area contributed by atoms with Crippen LogP contribution in [0, 0.1) is 5.82 Å². The van der Waals surface area contributed by atoms with E-state index in [9.17, 15) is 9.18 Å². The lowest BCUT2D eigenvalue weighted by molar-refractivity contribution is 0.102. The zero-order valence-corrected chi connectivity index (χ0v) is 15.9. The molecule has 3 aromatic rings. The van der Waals surface area contributed by atoms with Gasteiger partial charge in [-0.1, -0.05) is 12.1 Å². The summed E-state index contributed by atoms with van der Waals surface area (Å²) < 4.78 is 13.7. The molecule has 2 aromatic carbocycles. The van der Waals surface area contributed by atoms with Crippen LogP contribution in [0.4, 0.5) is 27.3 Å². The number of aromatic nitrogens is 1. The van der Waals surface area contributed by atoms with Crippen LogP contribution in [0.3, 0.4) is 0 Å². The maximum atomic E-state index is 13.7. The van der Waals surface area contributed by atoms with E-state index in [-0.39, 0.29) is 5.56 Å². The summed E-state index contributed by atoms with van der Waals surface area (Å²) in [5.74, 6) is -0.411. The van der Waals surface area contributed by atoms with Crippen molar-refractivity contribution in [3.63, 3.8) is 0 Å². The number of carbonyl (C=O) groups excluding carboxylic acids is 1. The van der Waals surface area contributed by atoms with Crippen LogP contribution in [0.1, 0.15) is 24.2 Å². The molecule has 6 heteroatoms. The fourth-order valence-corrected chi connectivity index (χ4v) is 2.88. The highest BCUT2D eigenvalue weighted by atomic mass is 19.1. The highest BCUT2D eigenvalue weighted by Gasteiger charge is 2.11. The van der Waals surface area contributed by atoms with E-state index in [4.69, 9.17) is 0 Å². The Hall–Kier alpha value is -3.41. The molecule has 0 fully saturated rings. The van der Waals surface area contributed by atoms with Gasteiger partial charge in [0.05, 0.1) is 17.4 Å². The van der Waals surface area contributed by atoms with E-state index in [0.29, 0.717) is 11.5 Å². The Morgan fingerprint density at radius 3 is 2.25 bits per heavy atom. The first kappa shape index (κ1) is 19.4. The maximum absolute atomic E-state index is 13.7. The molecule has 0 radical (unpaired) electrons. The highest BCUT2D eigenvalue weighted by Crippen LogP contribution is 2.21. The molecule has 0 saturated carbocycles. The topological polar surface area (TPSA) is 57.3 Å². The van der Waals surface area contributed by atoms with Gasteiger partial charge < -0.3 is 15.5 Å². The Bertz CT molecular complexity index is 922. The highest BCUT2D eigenvalue weighted by molar-refractivity contribution is 6.04. The minimum atomic E-state index is -0.556. The van der Waals surface area contributed by atoms with Gasteiger partial charge in [0.2, 0.25) is 0 Å². The summed E-state index contributed by atoms with van der Waals surface area (Å²) in [7, 11) is 0. The Balaban J connectivity index is 1.63. The number of rotatable bonds is 7. The van der Waals surface area contributed by atoms with Gasteiger partial charge in [-0.05, 0) is 62.4 Å². The number of nitrogens with zero attached hydrogens (tertiary/aromatic N) is 2. The molecule has 0 atom stereocenters. The molecule has 0 unspecified atom stereocenters. The van der Waals surface area contributed by atoms with Gasteiger partial charge in [-0.25, -0.2) is 9.37 Å². The fraction of sp³-hybridized carbons (Fsp3) is 0.182. The van der Waals surface area contributed by atoms with Gasteiger partial charge in [-0.15, -0.1) is 0 Å². The van der Waals surface area contributed by atoms with E-state index in [0.717, 1.165) is 18.8 Å². The van der Waals surface area contributed by atoms with E-state index >= 15 is 0 Å². The first-order valence-electron chi connectivity index (χ1n) is 9.24. The molecular formula is C22H23FN4O. The second-order valence-corrected chi connectivity index (χ2v) is 6.21. The first-order chi connectivity index (χ1) is 13.6. The van der Waals surface area contributed by atoms with Crippen LogP contribution >= 0.6 is 0 Å². The molecule has 0 bridgehead atoms. The molecule has 2 N–H and O–H groups in total. The van der Waals surface area contributed by atoms with E-state index < -0.39 is 11.7 Å². The second-order valence-electron chi connectivity index (χ2n) is 6.21. The van der Waals surface area contributed by atoms with Crippen molar-refractivity contribution >= 4 is 28.8 Å². The molecular weight excluding hydrogens is 355 g/mol. The van der Waals surface area contributed by atoms with Gasteiger partial charge >= 0.3 is 0 Å². The van der Waals surface area contributed by atoms with E-state index in [1.165, 1.54) is 24.0 Å². The zero-order chi connectivity index (χ0) is 19.9. The van der Waals surface area contributed by atoms with Crippen molar-refractivity contribution in [3.8, 4) is 0 Å². The van der Waals surface area contributed by atoms with Crippen molar-refractivity contribution in [3.05, 3.63) is 78.2 Å². The lowest BCUT2D eigenvalue weighted by Crippen LogP contribution is -2.21. The predicted octanol–water partition coefficient (Wildman–Crippen LogP) is 5.06. The van der Waals surface area contributed by atoms with Gasteiger partial charge in [0.15, 0.2) is 0 Å². The third-order valence-corrected chi connectivity index (χ3v) is 4.41. The van der Waals surface area contributed by atoms with Gasteiger partial charge in [0.25, 0.3) is 5.91 Å². The van der Waals surface area contributed by atoms with Crippen molar-refractivity contribution in [2.24, 2.45) is 0 Å². The van der Waals surface area contributed by atoms with Gasteiger partial charge in [-0.2, -0.15) is 0 Å². The van der Waals surface area contributed by atoms with Crippen molar-refractivity contribution in [2.45, 2.75) is 13.8 Å². The van der Waals surface area contributed by atoms with Crippen LogP contribution in [0.25, 0.3) is 0 Å². The number of halogens is 1. The summed E-state index contributed by atoms with van der Waals surface area (Å²) in [4.78, 5) is 18.7. The monoisotopic (exact) mass is 378 g/mol. The molecule has 28 heavy (non-hydrogen) atoms. The lowest BCUT2D eigenvalue weighted by atomic mass is 10.2. The molecule has 0 aliphatic rings. The number of carbonyl (C=O) groups is 1. The summed E-state index contributed by atoms with van der Waals surface area (Å²) in [6, 6.07) is 17.5. The molecule has 5 nitrogen and oxygen atoms in total. The van der Waals surface area contributed by atoms with Crippen LogP contribution < -0.4 is 15.5 Å². The summed E-state index contributed by atoms with van der Waals surface area (Å²) >= 11 is 0. The molecule has 3 rings (SSSR count). The minimum absolute atomic E-state index is 0.00186. The van der Waals surface area contributed by atoms with E-state index in [1.54, 1.807) is 24.3 Å². The average molecular weight is 378 g/mol. The second kappa shape index (κ2) is 8.99. The molecule has 1 amide bonds. The van der Waals surface area contributed by atoms with Gasteiger partial charge in [0.1, 0.15) is 11.6 Å². The number of benzene rings is 2. The number of pyridine rings is 1. The quantitative estimate of drug-likeness (QED) is 0.603. The van der Waals surface area contributed by atoms with Crippen molar-refractivity contribution in [1.82, 2.24) is 4.98 Å². The molecule has 0 saturated heterocycles. The third kappa shape index (κ3) is 4.65. The van der Waals surface area contributed by atoms with Crippen LogP contribution in [-0.2, 0) is 0 Å².